The number of amides is 7. The number of sulfonamides is 1. The summed E-state index contributed by atoms with van der Waals surface area (Å²) in [5.74, 6) is -7.62. The zero-order valence-corrected chi connectivity index (χ0v) is 59.0. The lowest BCUT2D eigenvalue weighted by Crippen LogP contribution is -2.62. The van der Waals surface area contributed by atoms with E-state index in [9.17, 15) is 51.6 Å². The molecule has 7 atom stereocenters. The Balaban J connectivity index is 1.25. The van der Waals surface area contributed by atoms with Crippen molar-refractivity contribution in [2.24, 2.45) is 16.5 Å². The summed E-state index contributed by atoms with van der Waals surface area (Å²) in [6.07, 6.45) is -4.29. The number of methoxy groups -OCH3 is 1. The van der Waals surface area contributed by atoms with Crippen LogP contribution in [0.15, 0.2) is 125 Å². The maximum absolute atomic E-state index is 14.9. The number of fused-ring (bicyclic) bond motifs is 3. The van der Waals surface area contributed by atoms with Gasteiger partial charge in [0.15, 0.2) is 0 Å². The van der Waals surface area contributed by atoms with Crippen molar-refractivity contribution in [2.45, 2.75) is 192 Å². The second-order valence-corrected chi connectivity index (χ2v) is 27.9. The molecule has 5 aromatic carbocycles. The Morgan fingerprint density at radius 2 is 1.10 bits per heavy atom. The Kier molecular flexibility index (Phi) is 28.1. The van der Waals surface area contributed by atoms with Gasteiger partial charge >= 0.3 is 18.0 Å². The van der Waals surface area contributed by atoms with E-state index in [0.29, 0.717) is 33.6 Å². The van der Waals surface area contributed by atoms with E-state index in [1.807, 2.05) is 48.5 Å². The van der Waals surface area contributed by atoms with Crippen LogP contribution in [0.5, 0.6) is 5.75 Å². The molecule has 0 heterocycles. The molecule has 0 spiro atoms. The first-order chi connectivity index (χ1) is 46.6. The van der Waals surface area contributed by atoms with Gasteiger partial charge in [-0.05, 0) is 158 Å². The highest BCUT2D eigenvalue weighted by Crippen LogP contribution is 2.44. The number of aliphatic imine (C=N–C) groups is 1. The third-order valence-electron chi connectivity index (χ3n) is 16.0. The third-order valence-corrected chi connectivity index (χ3v) is 17.7. The fourth-order valence-corrected chi connectivity index (χ4v) is 12.7. The number of primary amides is 1. The van der Waals surface area contributed by atoms with Crippen molar-refractivity contribution in [1.29, 1.82) is 0 Å². The molecule has 1 aliphatic rings. The number of nitrogens with one attached hydrogen (secondary N) is 7. The Hall–Kier alpha value is -9.89. The van der Waals surface area contributed by atoms with Crippen molar-refractivity contribution in [3.63, 3.8) is 0 Å². The van der Waals surface area contributed by atoms with Crippen LogP contribution in [0.1, 0.15) is 139 Å². The second kappa shape index (κ2) is 35.6. The molecule has 0 bridgehead atoms. The van der Waals surface area contributed by atoms with Crippen LogP contribution in [0.2, 0.25) is 0 Å². The number of hydrogen-bond donors (Lipinski definition) is 9. The number of hydrogen-bond acceptors (Lipinski definition) is 17. The number of ether oxygens (including phenoxy) is 5. The number of alkyl carbamates (subject to hydrolysis) is 1. The van der Waals surface area contributed by atoms with Gasteiger partial charge in [0.1, 0.15) is 60.8 Å². The van der Waals surface area contributed by atoms with Crippen LogP contribution in [0.3, 0.4) is 0 Å². The maximum Gasteiger partial charge on any atom is 0.407 e. The number of carbonyl (C=O) groups excluding carboxylic acids is 9. The summed E-state index contributed by atoms with van der Waals surface area (Å²) in [6, 6.07) is 25.4. The number of benzene rings is 5. The van der Waals surface area contributed by atoms with Crippen LogP contribution in [-0.2, 0) is 80.4 Å². The summed E-state index contributed by atoms with van der Waals surface area (Å²) in [5.41, 5.74) is 16.5. The number of carbonyl (C=O) groups is 9. The van der Waals surface area contributed by atoms with E-state index in [0.717, 1.165) is 22.3 Å². The quantitative estimate of drug-likeness (QED) is 0.00773. The van der Waals surface area contributed by atoms with Crippen molar-refractivity contribution in [3.8, 4) is 16.9 Å². The van der Waals surface area contributed by atoms with Gasteiger partial charge in [0.2, 0.25) is 41.4 Å². The van der Waals surface area contributed by atoms with Crippen LogP contribution in [0, 0.1) is 20.8 Å². The van der Waals surface area contributed by atoms with Gasteiger partial charge in [-0.15, -0.1) is 0 Å². The van der Waals surface area contributed by atoms with Crippen LogP contribution < -0.4 is 52.8 Å². The van der Waals surface area contributed by atoms with Crippen LogP contribution in [0.4, 0.5) is 4.79 Å². The molecule has 5 aromatic rings. The monoisotopic (exact) mass is 1390 g/mol. The fraction of sp³-hybridized carbons (Fsp3) is 0.444. The molecule has 0 aliphatic heterocycles. The van der Waals surface area contributed by atoms with Crippen molar-refractivity contribution in [1.82, 2.24) is 36.6 Å². The predicted octanol–water partition coefficient (Wildman–Crippen LogP) is 5.92. The van der Waals surface area contributed by atoms with E-state index in [4.69, 9.17) is 35.2 Å². The minimum absolute atomic E-state index is 0.0360. The van der Waals surface area contributed by atoms with E-state index >= 15 is 0 Å². The van der Waals surface area contributed by atoms with Crippen molar-refractivity contribution in [2.75, 3.05) is 20.3 Å². The van der Waals surface area contributed by atoms with Gasteiger partial charge in [-0.25, -0.2) is 22.7 Å². The minimum atomic E-state index is -4.30. The molecule has 0 saturated carbocycles. The summed E-state index contributed by atoms with van der Waals surface area (Å²) >= 11 is 0. The van der Waals surface area contributed by atoms with Gasteiger partial charge in [0.05, 0.1) is 23.7 Å². The molecular weight excluding hydrogens is 1290 g/mol. The summed E-state index contributed by atoms with van der Waals surface area (Å²) in [6.45, 7) is 17.3. The molecule has 99 heavy (non-hydrogen) atoms. The maximum atomic E-state index is 14.9. The molecule has 0 saturated heterocycles. The average Bonchev–Trinajstić information content (AvgIpc) is 1.68. The molecule has 27 heteroatoms. The molecule has 7 amide bonds. The summed E-state index contributed by atoms with van der Waals surface area (Å²) in [7, 11) is -2.83. The molecule has 11 N–H and O–H groups in total. The first-order valence-electron chi connectivity index (χ1n) is 32.7. The predicted molar refractivity (Wildman–Crippen MR) is 371 cm³/mol. The molecule has 26 nitrogen and oxygen atoms in total. The number of aryl methyl sites for hydroxylation is 1. The number of esters is 2. The number of nitrogens with zero attached hydrogens (tertiary/aromatic N) is 1. The zero-order valence-electron chi connectivity index (χ0n) is 58.2. The lowest BCUT2D eigenvalue weighted by atomic mass is 9.98. The number of rotatable bonds is 33. The van der Waals surface area contributed by atoms with E-state index in [1.165, 1.54) is 21.0 Å². The SMILES string of the molecule is COc1cc(C)c(S(=O)(=O)NC(N)=NCCC[C@H](NC(=O)[C@H](CCC(N)=O)NC(=O)[C@@H](NC(=O)[C@H](CCC(=O)OC(C)(C)C)NC(=O)[C@H](C)NC(=O)OCC2c3ccccc3-c3ccccc32)[C@@H](C)OC(C)(C)C)C(=O)N[C@@H](Cc2ccccc2)C(=O)OCc2ccccc2)c(C)c1C. The molecule has 0 radical (unpaired) electrons. The van der Waals surface area contributed by atoms with Gasteiger partial charge in [-0.1, -0.05) is 109 Å². The molecule has 1 aliphatic carbocycles. The average molecular weight is 1390 g/mol. The molecular formula is C72H94N10O16S. The summed E-state index contributed by atoms with van der Waals surface area (Å²) < 4.78 is 58.3. The normalized spacial score (nSPS) is 14.4. The van der Waals surface area contributed by atoms with Gasteiger partial charge in [0.25, 0.3) is 10.0 Å². The van der Waals surface area contributed by atoms with Gasteiger partial charge < -0.3 is 67.1 Å². The molecule has 0 fully saturated rings. The molecule has 534 valence electrons. The molecule has 6 rings (SSSR count). The van der Waals surface area contributed by atoms with Crippen LogP contribution in [0.25, 0.3) is 11.1 Å². The van der Waals surface area contributed by atoms with E-state index in [-0.39, 0.29) is 56.3 Å². The molecule has 0 unspecified atom stereocenters. The van der Waals surface area contributed by atoms with Crippen molar-refractivity contribution < 1.29 is 75.3 Å². The topological polar surface area (TPSA) is 383 Å². The standard InChI is InChI=1S/C72H94N10O16S/c1-42-38-58(94-12)43(2)44(3)62(42)99(92,93)82-69(74)75-37-23-32-54(64(86)80-57(39-47-24-15-13-16-25-47)68(90)95-40-48-26-17-14-18-27-48)78-65(87)55(33-35-59(73)83)79-67(89)61(46(5)97-71(6,7)8)81-66(88)56(34-36-60(84)98-72(9,10)11)77-63(85)45(4)76-70(91)96-41-53-51-30-21-19-28-49(51)50-29-20-22-31-52(50)53/h13-22,24-31,38,45-46,53-57,61H,23,32-37,39-41H2,1-12H3,(H2,73,83)(H,76,91)(H,77,85)(H,78,87)(H,79,89)(H,80,86)(H,81,88)(H3,74,75,82)/t45-,46+,54-,55-,56-,57-,61-/m0/s1. The van der Waals surface area contributed by atoms with Crippen LogP contribution in [-0.4, -0.2) is 142 Å². The highest BCUT2D eigenvalue weighted by molar-refractivity contribution is 7.90. The lowest BCUT2D eigenvalue weighted by molar-refractivity contribution is -0.155. The highest BCUT2D eigenvalue weighted by Gasteiger charge is 2.38. The summed E-state index contributed by atoms with van der Waals surface area (Å²) in [5, 5.41) is 15.7. The fourth-order valence-electron chi connectivity index (χ4n) is 11.2. The first-order valence-corrected chi connectivity index (χ1v) is 34.2. The Bertz CT molecular complexity index is 3790. The van der Waals surface area contributed by atoms with Gasteiger partial charge in [-0.2, -0.15) is 0 Å². The Morgan fingerprint density at radius 3 is 1.67 bits per heavy atom. The zero-order chi connectivity index (χ0) is 72.9. The lowest BCUT2D eigenvalue weighted by Gasteiger charge is -2.33. The van der Waals surface area contributed by atoms with Crippen molar-refractivity contribution in [3.05, 3.63) is 154 Å². The third kappa shape index (κ3) is 23.7. The Labute approximate surface area is 578 Å². The largest absolute Gasteiger partial charge is 0.496 e. The first kappa shape index (κ1) is 78.1. The second-order valence-electron chi connectivity index (χ2n) is 26.3. The van der Waals surface area contributed by atoms with Gasteiger partial charge in [0, 0.05) is 31.7 Å². The number of nitrogens with two attached hydrogens (primary N) is 2. The minimum Gasteiger partial charge on any atom is -0.496 e. The van der Waals surface area contributed by atoms with Crippen molar-refractivity contribution >= 4 is 69.5 Å². The number of guanidine groups is 1. The highest BCUT2D eigenvalue weighted by atomic mass is 32.2. The van der Waals surface area contributed by atoms with Gasteiger partial charge in [-0.3, -0.25) is 38.6 Å². The van der Waals surface area contributed by atoms with E-state index in [2.05, 4.69) is 41.6 Å². The van der Waals surface area contributed by atoms with Crippen LogP contribution >= 0.6 is 0 Å². The smallest absolute Gasteiger partial charge is 0.407 e. The van der Waals surface area contributed by atoms with E-state index in [1.54, 1.807) is 129 Å². The Morgan fingerprint density at radius 1 is 0.586 bits per heavy atom. The van der Waals surface area contributed by atoms with E-state index < -0.39 is 142 Å². The molecule has 0 aromatic heterocycles. The summed E-state index contributed by atoms with van der Waals surface area (Å²) in [4.78, 5) is 131.